The molecule has 0 saturated carbocycles. The molecule has 0 spiro atoms. The first kappa shape index (κ1) is 15.6. The van der Waals surface area contributed by atoms with Crippen molar-refractivity contribution in [3.63, 3.8) is 0 Å². The van der Waals surface area contributed by atoms with Gasteiger partial charge in [0.25, 0.3) is 5.56 Å². The van der Waals surface area contributed by atoms with Crippen LogP contribution in [0.15, 0.2) is 70.3 Å². The Morgan fingerprint density at radius 1 is 0.815 bits per heavy atom. The van der Waals surface area contributed by atoms with Crippen molar-refractivity contribution in [2.24, 2.45) is 0 Å². The van der Waals surface area contributed by atoms with Gasteiger partial charge in [-0.15, -0.1) is 0 Å². The van der Waals surface area contributed by atoms with Gasteiger partial charge in [0.2, 0.25) is 0 Å². The minimum Gasteiger partial charge on any atom is -0.341 e. The molecule has 1 aliphatic rings. The number of aromatic amines is 2. The molecule has 0 fully saturated rings. The molecule has 3 N–H and O–H groups in total. The number of fused-ring (bicyclic) bond motifs is 4. The Kier molecular flexibility index (Phi) is 3.27. The Hall–Kier alpha value is -3.67. The van der Waals surface area contributed by atoms with Crippen molar-refractivity contribution in [1.29, 1.82) is 0 Å². The van der Waals surface area contributed by atoms with E-state index >= 15 is 0 Å². The highest BCUT2D eigenvalue weighted by Gasteiger charge is 2.32. The van der Waals surface area contributed by atoms with Crippen LogP contribution in [0.5, 0.6) is 0 Å². The lowest BCUT2D eigenvalue weighted by Gasteiger charge is -2.29. The van der Waals surface area contributed by atoms with Gasteiger partial charge in [0.05, 0.1) is 5.56 Å². The molecule has 2 heterocycles. The van der Waals surface area contributed by atoms with Crippen molar-refractivity contribution < 1.29 is 4.39 Å². The van der Waals surface area contributed by atoms with Gasteiger partial charge in [-0.05, 0) is 40.1 Å². The second-order valence-corrected chi connectivity index (χ2v) is 6.55. The number of halogens is 1. The molecule has 4 aromatic rings. The van der Waals surface area contributed by atoms with Crippen LogP contribution in [0.3, 0.4) is 0 Å². The van der Waals surface area contributed by atoms with Crippen LogP contribution in [0.25, 0.3) is 10.8 Å². The number of H-pyrrole nitrogens is 2. The lowest BCUT2D eigenvalue weighted by molar-refractivity contribution is 0.626. The summed E-state index contributed by atoms with van der Waals surface area (Å²) in [6.07, 6.45) is 0. The molecular weight excluding hydrogens is 345 g/mol. The van der Waals surface area contributed by atoms with Gasteiger partial charge >= 0.3 is 5.69 Å². The Morgan fingerprint density at radius 2 is 1.59 bits per heavy atom. The summed E-state index contributed by atoms with van der Waals surface area (Å²) in [5, 5.41) is 5.21. The van der Waals surface area contributed by atoms with Crippen molar-refractivity contribution in [1.82, 2.24) is 9.97 Å². The molecule has 6 heteroatoms. The predicted molar refractivity (Wildman–Crippen MR) is 102 cm³/mol. The number of hydrogen-bond donors (Lipinski definition) is 3. The molecule has 5 nitrogen and oxygen atoms in total. The minimum absolute atomic E-state index is 0.346. The molecule has 1 aromatic heterocycles. The summed E-state index contributed by atoms with van der Waals surface area (Å²) in [6.45, 7) is 0. The fourth-order valence-corrected chi connectivity index (χ4v) is 3.85. The Bertz CT molecular complexity index is 1310. The fraction of sp³-hybridized carbons (Fsp3) is 0.0476. The summed E-state index contributed by atoms with van der Waals surface area (Å²) in [5.74, 6) is -0.425. The SMILES string of the molecule is O=c1[nH]c2c(c(=O)[nH]1)C(c1ccc(F)cc1)c1c(ccc3ccccc13)N2. The third-order valence-electron chi connectivity index (χ3n) is 4.99. The minimum atomic E-state index is -0.576. The largest absolute Gasteiger partial charge is 0.341 e. The highest BCUT2D eigenvalue weighted by atomic mass is 19.1. The monoisotopic (exact) mass is 359 g/mol. The number of rotatable bonds is 1. The summed E-state index contributed by atoms with van der Waals surface area (Å²) in [6, 6.07) is 17.9. The third kappa shape index (κ3) is 2.38. The van der Waals surface area contributed by atoms with Crippen molar-refractivity contribution in [3.05, 3.63) is 104 Å². The third-order valence-corrected chi connectivity index (χ3v) is 4.99. The first-order valence-electron chi connectivity index (χ1n) is 8.52. The zero-order chi connectivity index (χ0) is 18.5. The van der Waals surface area contributed by atoms with E-state index in [2.05, 4.69) is 15.3 Å². The maximum atomic E-state index is 13.5. The van der Waals surface area contributed by atoms with Gasteiger partial charge in [-0.3, -0.25) is 14.8 Å². The Labute approximate surface area is 152 Å². The first-order chi connectivity index (χ1) is 13.1. The van der Waals surface area contributed by atoms with E-state index in [0.29, 0.717) is 11.4 Å². The van der Waals surface area contributed by atoms with E-state index in [1.165, 1.54) is 12.1 Å². The first-order valence-corrected chi connectivity index (χ1v) is 8.52. The average Bonchev–Trinajstić information content (AvgIpc) is 2.66. The van der Waals surface area contributed by atoms with Crippen LogP contribution < -0.4 is 16.6 Å². The number of hydrogen-bond acceptors (Lipinski definition) is 3. The number of anilines is 2. The summed E-state index contributed by atoms with van der Waals surface area (Å²) in [4.78, 5) is 29.4. The molecule has 0 aliphatic carbocycles. The molecular formula is C21H14FN3O2. The average molecular weight is 359 g/mol. The molecule has 132 valence electrons. The second-order valence-electron chi connectivity index (χ2n) is 6.55. The number of aromatic nitrogens is 2. The van der Waals surface area contributed by atoms with Gasteiger partial charge in [0.15, 0.2) is 0 Å². The topological polar surface area (TPSA) is 77.8 Å². The quantitative estimate of drug-likeness (QED) is 0.428. The highest BCUT2D eigenvalue weighted by molar-refractivity contribution is 5.94. The maximum absolute atomic E-state index is 13.5. The van der Waals surface area contributed by atoms with Gasteiger partial charge < -0.3 is 5.32 Å². The van der Waals surface area contributed by atoms with Crippen LogP contribution in [0, 0.1) is 5.82 Å². The van der Waals surface area contributed by atoms with E-state index in [1.807, 2.05) is 36.4 Å². The van der Waals surface area contributed by atoms with Gasteiger partial charge in [-0.1, -0.05) is 42.5 Å². The zero-order valence-electron chi connectivity index (χ0n) is 14.0. The van der Waals surface area contributed by atoms with E-state index in [9.17, 15) is 14.0 Å². The summed E-state index contributed by atoms with van der Waals surface area (Å²) in [7, 11) is 0. The van der Waals surface area contributed by atoms with Gasteiger partial charge in [0, 0.05) is 11.6 Å². The van der Waals surface area contributed by atoms with Crippen LogP contribution in [0.2, 0.25) is 0 Å². The fourth-order valence-electron chi connectivity index (χ4n) is 3.85. The van der Waals surface area contributed by atoms with Crippen LogP contribution in [-0.2, 0) is 0 Å². The van der Waals surface area contributed by atoms with Gasteiger partial charge in [-0.2, -0.15) is 0 Å². The Morgan fingerprint density at radius 3 is 2.41 bits per heavy atom. The Balaban J connectivity index is 1.90. The molecule has 3 aromatic carbocycles. The summed E-state index contributed by atoms with van der Waals surface area (Å²) in [5.41, 5.74) is 1.86. The van der Waals surface area contributed by atoms with E-state index < -0.39 is 17.2 Å². The number of nitrogens with one attached hydrogen (secondary N) is 3. The highest BCUT2D eigenvalue weighted by Crippen LogP contribution is 2.45. The smallest absolute Gasteiger partial charge is 0.327 e. The van der Waals surface area contributed by atoms with Gasteiger partial charge in [-0.25, -0.2) is 9.18 Å². The molecule has 0 radical (unpaired) electrons. The lowest BCUT2D eigenvalue weighted by Crippen LogP contribution is -2.31. The van der Waals surface area contributed by atoms with E-state index in [-0.39, 0.29) is 5.82 Å². The molecule has 0 saturated heterocycles. The summed E-state index contributed by atoms with van der Waals surface area (Å²) < 4.78 is 13.5. The molecule has 0 bridgehead atoms. The predicted octanol–water partition coefficient (Wildman–Crippen LogP) is 3.59. The normalized spacial score (nSPS) is 15.1. The maximum Gasteiger partial charge on any atom is 0.327 e. The van der Waals surface area contributed by atoms with E-state index in [4.69, 9.17) is 0 Å². The van der Waals surface area contributed by atoms with E-state index in [0.717, 1.165) is 27.6 Å². The van der Waals surface area contributed by atoms with Crippen molar-refractivity contribution in [2.45, 2.75) is 5.92 Å². The lowest BCUT2D eigenvalue weighted by atomic mass is 9.80. The summed E-state index contributed by atoms with van der Waals surface area (Å²) >= 11 is 0. The standard InChI is InChI=1S/C21H14FN3O2/c22-13-8-5-12(6-9-13)16-17-14-4-2-1-3-11(14)7-10-15(17)23-19-18(16)20(26)25-21(27)24-19/h1-10,16H,(H3,23,24,25,26,27). The molecule has 1 unspecified atom stereocenters. The van der Waals surface area contributed by atoms with Gasteiger partial charge in [0.1, 0.15) is 11.6 Å². The van der Waals surface area contributed by atoms with Crippen molar-refractivity contribution in [2.75, 3.05) is 5.32 Å². The molecule has 5 rings (SSSR count). The van der Waals surface area contributed by atoms with Crippen LogP contribution in [0.1, 0.15) is 22.6 Å². The molecule has 0 amide bonds. The van der Waals surface area contributed by atoms with Crippen LogP contribution in [-0.4, -0.2) is 9.97 Å². The molecule has 27 heavy (non-hydrogen) atoms. The second kappa shape index (κ2) is 5.67. The van der Waals surface area contributed by atoms with Crippen molar-refractivity contribution >= 4 is 22.3 Å². The zero-order valence-corrected chi connectivity index (χ0v) is 14.0. The van der Waals surface area contributed by atoms with E-state index in [1.54, 1.807) is 12.1 Å². The van der Waals surface area contributed by atoms with Crippen molar-refractivity contribution in [3.8, 4) is 0 Å². The molecule has 1 aliphatic heterocycles. The number of benzene rings is 3. The molecule has 1 atom stereocenters. The van der Waals surface area contributed by atoms with Crippen LogP contribution >= 0.6 is 0 Å². The van der Waals surface area contributed by atoms with Crippen LogP contribution in [0.4, 0.5) is 15.9 Å².